The third kappa shape index (κ3) is 4.46. The van der Waals surface area contributed by atoms with Gasteiger partial charge in [0.2, 0.25) is 0 Å². The number of amides is 1. The second-order valence-corrected chi connectivity index (χ2v) is 6.23. The molecule has 19 heavy (non-hydrogen) atoms. The summed E-state index contributed by atoms with van der Waals surface area (Å²) in [5, 5.41) is 11.0. The van der Waals surface area contributed by atoms with Gasteiger partial charge in [-0.3, -0.25) is 4.79 Å². The van der Waals surface area contributed by atoms with Crippen LogP contribution < -0.4 is 5.32 Å². The highest BCUT2D eigenvalue weighted by Gasteiger charge is 2.26. The molecule has 0 fully saturated rings. The van der Waals surface area contributed by atoms with Crippen LogP contribution in [0.1, 0.15) is 48.9 Å². The van der Waals surface area contributed by atoms with Crippen LogP contribution in [0, 0.1) is 19.3 Å². The number of nitrogens with zero attached hydrogens (tertiary/aromatic N) is 2. The van der Waals surface area contributed by atoms with Crippen LogP contribution in [0.5, 0.6) is 0 Å². The van der Waals surface area contributed by atoms with Crippen LogP contribution in [-0.4, -0.2) is 28.0 Å². The zero-order valence-electron chi connectivity index (χ0n) is 12.2. The maximum atomic E-state index is 12.3. The van der Waals surface area contributed by atoms with Gasteiger partial charge in [-0.05, 0) is 31.7 Å². The van der Waals surface area contributed by atoms with Crippen LogP contribution in [0.2, 0.25) is 0 Å². The van der Waals surface area contributed by atoms with Gasteiger partial charge in [-0.25, -0.2) is 0 Å². The Morgan fingerprint density at radius 3 is 2.53 bits per heavy atom. The van der Waals surface area contributed by atoms with Crippen molar-refractivity contribution >= 4 is 17.5 Å². The molecule has 0 bridgehead atoms. The Hall–Kier alpha value is -1.16. The molecule has 1 amide bonds. The molecule has 1 aromatic heterocycles. The predicted molar refractivity (Wildman–Crippen MR) is 77.6 cm³/mol. The van der Waals surface area contributed by atoms with E-state index in [0.29, 0.717) is 17.1 Å². The molecule has 1 N–H and O–H groups in total. The smallest absolute Gasteiger partial charge is 0.253 e. The number of aromatic nitrogens is 2. The fraction of sp³-hybridized carbons (Fsp3) is 0.643. The van der Waals surface area contributed by atoms with Crippen LogP contribution in [-0.2, 0) is 0 Å². The zero-order valence-corrected chi connectivity index (χ0v) is 13.0. The quantitative estimate of drug-likeness (QED) is 0.865. The van der Waals surface area contributed by atoms with Gasteiger partial charge in [-0.15, -0.1) is 11.6 Å². The summed E-state index contributed by atoms with van der Waals surface area (Å²) >= 11 is 5.81. The zero-order chi connectivity index (χ0) is 14.6. The Bertz CT molecular complexity index is 454. The minimum atomic E-state index is -0.111. The van der Waals surface area contributed by atoms with Crippen LogP contribution >= 0.6 is 11.6 Å². The average Bonchev–Trinajstić information content (AvgIpc) is 2.30. The summed E-state index contributed by atoms with van der Waals surface area (Å²) in [6, 6.07) is 1.79. The number of aryl methyl sites for hydroxylation is 2. The molecule has 1 atom stereocenters. The topological polar surface area (TPSA) is 54.9 Å². The van der Waals surface area contributed by atoms with E-state index < -0.39 is 0 Å². The standard InChI is InChI=1S/C14H22ClN3O/c1-9-8-11(10(2)18-17-9)13(19)16-12(6-7-15)14(3,4)5/h8,12H,6-7H2,1-5H3,(H,16,19). The Morgan fingerprint density at radius 2 is 2.00 bits per heavy atom. The van der Waals surface area contributed by atoms with Crippen LogP contribution in [0.15, 0.2) is 6.07 Å². The predicted octanol–water partition coefficient (Wildman–Crippen LogP) is 2.87. The van der Waals surface area contributed by atoms with Crippen molar-refractivity contribution in [2.75, 3.05) is 5.88 Å². The van der Waals surface area contributed by atoms with Gasteiger partial charge in [0.1, 0.15) is 0 Å². The number of rotatable bonds is 4. The lowest BCUT2D eigenvalue weighted by atomic mass is 9.85. The van der Waals surface area contributed by atoms with Gasteiger partial charge in [-0.1, -0.05) is 20.8 Å². The minimum absolute atomic E-state index is 0.0328. The summed E-state index contributed by atoms with van der Waals surface area (Å²) in [7, 11) is 0. The van der Waals surface area contributed by atoms with E-state index >= 15 is 0 Å². The lowest BCUT2D eigenvalue weighted by molar-refractivity contribution is 0.0899. The SMILES string of the molecule is Cc1cc(C(=O)NC(CCCl)C(C)(C)C)c(C)nn1. The number of hydrogen-bond donors (Lipinski definition) is 1. The molecule has 0 aliphatic carbocycles. The van der Waals surface area contributed by atoms with E-state index in [9.17, 15) is 4.79 Å². The van der Waals surface area contributed by atoms with Crippen molar-refractivity contribution in [3.05, 3.63) is 23.0 Å². The van der Waals surface area contributed by atoms with E-state index in [-0.39, 0.29) is 17.4 Å². The lowest BCUT2D eigenvalue weighted by Gasteiger charge is -2.31. The van der Waals surface area contributed by atoms with Crippen LogP contribution in [0.25, 0.3) is 0 Å². The molecular formula is C14H22ClN3O. The molecule has 0 radical (unpaired) electrons. The van der Waals surface area contributed by atoms with Gasteiger partial charge in [0.25, 0.3) is 5.91 Å². The summed E-state index contributed by atoms with van der Waals surface area (Å²) in [5.41, 5.74) is 1.92. The first kappa shape index (κ1) is 15.9. The molecule has 1 aromatic rings. The normalized spacial score (nSPS) is 13.2. The molecule has 0 aromatic carbocycles. The molecule has 5 heteroatoms. The summed E-state index contributed by atoms with van der Waals surface area (Å²) < 4.78 is 0. The highest BCUT2D eigenvalue weighted by atomic mass is 35.5. The van der Waals surface area contributed by atoms with E-state index in [2.05, 4.69) is 36.3 Å². The Kier molecular flexibility index (Phi) is 5.29. The van der Waals surface area contributed by atoms with Crippen molar-refractivity contribution in [3.63, 3.8) is 0 Å². The third-order valence-electron chi connectivity index (χ3n) is 3.09. The van der Waals surface area contributed by atoms with E-state index in [1.807, 2.05) is 6.92 Å². The van der Waals surface area contributed by atoms with Gasteiger partial charge in [0.05, 0.1) is 17.0 Å². The van der Waals surface area contributed by atoms with E-state index in [0.717, 1.165) is 12.1 Å². The molecule has 1 unspecified atom stereocenters. The van der Waals surface area contributed by atoms with Crippen molar-refractivity contribution in [2.45, 2.75) is 47.1 Å². The van der Waals surface area contributed by atoms with Crippen LogP contribution in [0.4, 0.5) is 0 Å². The largest absolute Gasteiger partial charge is 0.349 e. The highest BCUT2D eigenvalue weighted by Crippen LogP contribution is 2.22. The van der Waals surface area contributed by atoms with Crippen LogP contribution in [0.3, 0.4) is 0 Å². The van der Waals surface area contributed by atoms with Gasteiger partial charge in [-0.2, -0.15) is 10.2 Å². The first-order chi connectivity index (χ1) is 8.75. The number of alkyl halides is 1. The molecule has 0 saturated heterocycles. The molecule has 0 aliphatic rings. The van der Waals surface area contributed by atoms with Crippen molar-refractivity contribution in [1.29, 1.82) is 0 Å². The molecule has 1 heterocycles. The maximum absolute atomic E-state index is 12.3. The first-order valence-electron chi connectivity index (χ1n) is 6.43. The lowest BCUT2D eigenvalue weighted by Crippen LogP contribution is -2.44. The molecule has 0 saturated carbocycles. The van der Waals surface area contributed by atoms with Crippen molar-refractivity contribution in [1.82, 2.24) is 15.5 Å². The van der Waals surface area contributed by atoms with Gasteiger partial charge in [0, 0.05) is 11.9 Å². The molecule has 0 aliphatic heterocycles. The Balaban J connectivity index is 2.91. The fourth-order valence-corrected chi connectivity index (χ4v) is 2.06. The van der Waals surface area contributed by atoms with Gasteiger partial charge < -0.3 is 5.32 Å². The van der Waals surface area contributed by atoms with Crippen molar-refractivity contribution in [2.24, 2.45) is 5.41 Å². The number of carbonyl (C=O) groups excluding carboxylic acids is 1. The molecule has 0 spiro atoms. The number of hydrogen-bond acceptors (Lipinski definition) is 3. The summed E-state index contributed by atoms with van der Waals surface area (Å²) in [6.45, 7) is 9.88. The second kappa shape index (κ2) is 6.33. The molecule has 4 nitrogen and oxygen atoms in total. The van der Waals surface area contributed by atoms with Crippen molar-refractivity contribution in [3.8, 4) is 0 Å². The number of halogens is 1. The van der Waals surface area contributed by atoms with E-state index in [1.165, 1.54) is 0 Å². The minimum Gasteiger partial charge on any atom is -0.349 e. The van der Waals surface area contributed by atoms with Gasteiger partial charge >= 0.3 is 0 Å². The summed E-state index contributed by atoms with van der Waals surface area (Å²) in [4.78, 5) is 12.3. The average molecular weight is 284 g/mol. The third-order valence-corrected chi connectivity index (χ3v) is 3.31. The molecule has 106 valence electrons. The first-order valence-corrected chi connectivity index (χ1v) is 6.97. The molecule has 1 rings (SSSR count). The van der Waals surface area contributed by atoms with E-state index in [4.69, 9.17) is 11.6 Å². The maximum Gasteiger partial charge on any atom is 0.253 e. The fourth-order valence-electron chi connectivity index (χ4n) is 1.85. The number of nitrogens with one attached hydrogen (secondary N) is 1. The Labute approximate surface area is 120 Å². The number of carbonyl (C=O) groups is 1. The Morgan fingerprint density at radius 1 is 1.37 bits per heavy atom. The van der Waals surface area contributed by atoms with E-state index in [1.54, 1.807) is 13.0 Å². The summed E-state index contributed by atoms with van der Waals surface area (Å²) in [6.07, 6.45) is 0.743. The molecular weight excluding hydrogens is 262 g/mol. The second-order valence-electron chi connectivity index (χ2n) is 5.85. The highest BCUT2D eigenvalue weighted by molar-refractivity contribution is 6.17. The monoisotopic (exact) mass is 283 g/mol. The van der Waals surface area contributed by atoms with Gasteiger partial charge in [0.15, 0.2) is 0 Å². The summed E-state index contributed by atoms with van der Waals surface area (Å²) in [5.74, 6) is 0.412. The van der Waals surface area contributed by atoms with Crippen molar-refractivity contribution < 1.29 is 4.79 Å².